The molecule has 0 radical (unpaired) electrons. The molecule has 0 aliphatic heterocycles. The summed E-state index contributed by atoms with van der Waals surface area (Å²) in [5.41, 5.74) is 2.62. The van der Waals surface area contributed by atoms with Crippen LogP contribution in [0.25, 0.3) is 0 Å². The van der Waals surface area contributed by atoms with E-state index < -0.39 is 0 Å². The van der Waals surface area contributed by atoms with Gasteiger partial charge in [-0.15, -0.1) is 0 Å². The van der Waals surface area contributed by atoms with E-state index in [4.69, 9.17) is 23.2 Å². The van der Waals surface area contributed by atoms with E-state index >= 15 is 0 Å². The lowest BCUT2D eigenvalue weighted by molar-refractivity contribution is 0.112. The molecule has 19 heavy (non-hydrogen) atoms. The van der Waals surface area contributed by atoms with Crippen LogP contribution in [0.2, 0.25) is 10.0 Å². The average Bonchev–Trinajstić information content (AvgIpc) is 2.41. The van der Waals surface area contributed by atoms with E-state index in [-0.39, 0.29) is 0 Å². The Morgan fingerprint density at radius 1 is 1.11 bits per heavy atom. The number of halogens is 2. The van der Waals surface area contributed by atoms with Crippen molar-refractivity contribution in [3.63, 3.8) is 0 Å². The Bertz CT molecular complexity index is 581. The monoisotopic (exact) mass is 293 g/mol. The fourth-order valence-electron chi connectivity index (χ4n) is 1.80. The first-order valence-corrected chi connectivity index (χ1v) is 6.56. The summed E-state index contributed by atoms with van der Waals surface area (Å²) < 4.78 is 0. The van der Waals surface area contributed by atoms with Crippen molar-refractivity contribution in [3.05, 3.63) is 63.6 Å². The van der Waals surface area contributed by atoms with Crippen molar-refractivity contribution in [2.45, 2.75) is 6.54 Å². The first-order chi connectivity index (χ1) is 9.10. The largest absolute Gasteiger partial charge is 0.370 e. The van der Waals surface area contributed by atoms with Gasteiger partial charge in [0.05, 0.1) is 5.02 Å². The zero-order valence-corrected chi connectivity index (χ0v) is 11.9. The summed E-state index contributed by atoms with van der Waals surface area (Å²) in [5.74, 6) is 0. The molecule has 0 unspecified atom stereocenters. The second-order valence-corrected chi connectivity index (χ2v) is 5.15. The first kappa shape index (κ1) is 13.9. The molecule has 2 aromatic rings. The van der Waals surface area contributed by atoms with Crippen molar-refractivity contribution in [2.75, 3.05) is 11.9 Å². The summed E-state index contributed by atoms with van der Waals surface area (Å²) in [5, 5.41) is 1.19. The van der Waals surface area contributed by atoms with Crippen LogP contribution in [0.1, 0.15) is 15.9 Å². The third kappa shape index (κ3) is 3.49. The predicted octanol–water partition coefficient (Wildman–Crippen LogP) is 4.44. The van der Waals surface area contributed by atoms with Crippen LogP contribution in [0.3, 0.4) is 0 Å². The highest BCUT2D eigenvalue weighted by Gasteiger charge is 2.05. The van der Waals surface area contributed by atoms with Crippen LogP contribution in [0.15, 0.2) is 42.5 Å². The molecule has 0 N–H and O–H groups in total. The summed E-state index contributed by atoms with van der Waals surface area (Å²) in [7, 11) is 1.97. The number of carbonyl (C=O) groups is 1. The number of hydrogen-bond donors (Lipinski definition) is 0. The van der Waals surface area contributed by atoms with Crippen LogP contribution < -0.4 is 4.90 Å². The van der Waals surface area contributed by atoms with Gasteiger partial charge < -0.3 is 4.90 Å². The van der Waals surface area contributed by atoms with E-state index in [1.54, 1.807) is 12.1 Å². The standard InChI is InChI=1S/C15H13Cl2NO/c1-18(9-11-2-5-13(16)6-3-11)14-7-4-12(10-19)15(17)8-14/h2-8,10H,9H2,1H3. The van der Waals surface area contributed by atoms with Gasteiger partial charge in [-0.05, 0) is 35.9 Å². The third-order valence-electron chi connectivity index (χ3n) is 2.88. The van der Waals surface area contributed by atoms with Crippen molar-refractivity contribution in [1.82, 2.24) is 0 Å². The van der Waals surface area contributed by atoms with Gasteiger partial charge in [0.2, 0.25) is 0 Å². The number of nitrogens with zero attached hydrogens (tertiary/aromatic N) is 1. The SMILES string of the molecule is CN(Cc1ccc(Cl)cc1)c1ccc(C=O)c(Cl)c1. The Balaban J connectivity index is 2.15. The van der Waals surface area contributed by atoms with Gasteiger partial charge in [0, 0.05) is 29.9 Å². The average molecular weight is 294 g/mol. The lowest BCUT2D eigenvalue weighted by Gasteiger charge is -2.20. The van der Waals surface area contributed by atoms with E-state index in [1.807, 2.05) is 37.4 Å². The number of carbonyl (C=O) groups excluding carboxylic acids is 1. The van der Waals surface area contributed by atoms with Gasteiger partial charge in [-0.3, -0.25) is 4.79 Å². The van der Waals surface area contributed by atoms with Crippen LogP contribution in [0.4, 0.5) is 5.69 Å². The second-order valence-electron chi connectivity index (χ2n) is 4.31. The predicted molar refractivity (Wildman–Crippen MR) is 80.4 cm³/mol. The zero-order valence-electron chi connectivity index (χ0n) is 10.4. The summed E-state index contributed by atoms with van der Waals surface area (Å²) in [4.78, 5) is 12.8. The molecule has 0 amide bonds. The molecule has 0 aliphatic rings. The molecule has 0 heterocycles. The quantitative estimate of drug-likeness (QED) is 0.777. The summed E-state index contributed by atoms with van der Waals surface area (Å²) in [6, 6.07) is 13.1. The normalized spacial score (nSPS) is 10.3. The van der Waals surface area contributed by atoms with Crippen LogP contribution in [-0.4, -0.2) is 13.3 Å². The lowest BCUT2D eigenvalue weighted by Crippen LogP contribution is -2.16. The lowest BCUT2D eigenvalue weighted by atomic mass is 10.2. The molecular weight excluding hydrogens is 281 g/mol. The summed E-state index contributed by atoms with van der Waals surface area (Å²) >= 11 is 11.9. The zero-order chi connectivity index (χ0) is 13.8. The maximum atomic E-state index is 10.7. The van der Waals surface area contributed by atoms with E-state index in [1.165, 1.54) is 0 Å². The van der Waals surface area contributed by atoms with Gasteiger partial charge in [0.15, 0.2) is 6.29 Å². The maximum absolute atomic E-state index is 10.7. The van der Waals surface area contributed by atoms with Gasteiger partial charge in [0.1, 0.15) is 0 Å². The minimum Gasteiger partial charge on any atom is -0.370 e. The molecule has 0 spiro atoms. The topological polar surface area (TPSA) is 20.3 Å². The van der Waals surface area contributed by atoms with Crippen LogP contribution >= 0.6 is 23.2 Å². The molecule has 0 fully saturated rings. The van der Waals surface area contributed by atoms with E-state index in [2.05, 4.69) is 4.90 Å². The molecule has 0 aliphatic carbocycles. The molecule has 0 saturated carbocycles. The number of rotatable bonds is 4. The van der Waals surface area contributed by atoms with Crippen molar-refractivity contribution in [2.24, 2.45) is 0 Å². The molecule has 4 heteroatoms. The van der Waals surface area contributed by atoms with Gasteiger partial charge in [0.25, 0.3) is 0 Å². The third-order valence-corrected chi connectivity index (χ3v) is 3.46. The van der Waals surface area contributed by atoms with Gasteiger partial charge in [-0.1, -0.05) is 35.3 Å². The fraction of sp³-hybridized carbons (Fsp3) is 0.133. The molecule has 0 saturated heterocycles. The summed E-state index contributed by atoms with van der Waals surface area (Å²) in [6.45, 7) is 0.744. The maximum Gasteiger partial charge on any atom is 0.151 e. The Kier molecular flexibility index (Phi) is 4.46. The number of anilines is 1. The van der Waals surface area contributed by atoms with Crippen LogP contribution in [0.5, 0.6) is 0 Å². The Hall–Kier alpha value is -1.51. The Morgan fingerprint density at radius 3 is 2.37 bits per heavy atom. The number of hydrogen-bond acceptors (Lipinski definition) is 2. The highest BCUT2D eigenvalue weighted by molar-refractivity contribution is 6.33. The second kappa shape index (κ2) is 6.09. The highest BCUT2D eigenvalue weighted by Crippen LogP contribution is 2.23. The van der Waals surface area contributed by atoms with Gasteiger partial charge in [-0.25, -0.2) is 0 Å². The van der Waals surface area contributed by atoms with Gasteiger partial charge >= 0.3 is 0 Å². The first-order valence-electron chi connectivity index (χ1n) is 5.80. The van der Waals surface area contributed by atoms with E-state index in [9.17, 15) is 4.79 Å². The smallest absolute Gasteiger partial charge is 0.151 e. The highest BCUT2D eigenvalue weighted by atomic mass is 35.5. The van der Waals surface area contributed by atoms with Crippen molar-refractivity contribution >= 4 is 35.2 Å². The molecule has 2 rings (SSSR count). The minimum atomic E-state index is 0.468. The molecule has 98 valence electrons. The van der Waals surface area contributed by atoms with Crippen molar-refractivity contribution < 1.29 is 4.79 Å². The molecule has 2 aromatic carbocycles. The fourth-order valence-corrected chi connectivity index (χ4v) is 2.15. The minimum absolute atomic E-state index is 0.468. The summed E-state index contributed by atoms with van der Waals surface area (Å²) in [6.07, 6.45) is 0.755. The van der Waals surface area contributed by atoms with Crippen LogP contribution in [0, 0.1) is 0 Å². The number of aldehydes is 1. The van der Waals surface area contributed by atoms with E-state index in [0.717, 1.165) is 29.1 Å². The molecule has 0 aromatic heterocycles. The molecule has 0 bridgehead atoms. The molecular formula is C15H13Cl2NO. The Labute approximate surface area is 122 Å². The Morgan fingerprint density at radius 2 is 1.79 bits per heavy atom. The molecule has 2 nitrogen and oxygen atoms in total. The number of benzene rings is 2. The van der Waals surface area contributed by atoms with Crippen molar-refractivity contribution in [3.8, 4) is 0 Å². The van der Waals surface area contributed by atoms with E-state index in [0.29, 0.717) is 10.6 Å². The van der Waals surface area contributed by atoms with Crippen LogP contribution in [-0.2, 0) is 6.54 Å². The van der Waals surface area contributed by atoms with Crippen molar-refractivity contribution in [1.29, 1.82) is 0 Å². The van der Waals surface area contributed by atoms with Gasteiger partial charge in [-0.2, -0.15) is 0 Å². The molecule has 0 atom stereocenters.